The van der Waals surface area contributed by atoms with Crippen molar-refractivity contribution in [3.05, 3.63) is 171 Å². The molecule has 4 aromatic rings. The molecule has 10 rings (SSSR count). The van der Waals surface area contributed by atoms with Crippen molar-refractivity contribution in [3.8, 4) is 5.69 Å². The molecule has 0 fully saturated rings. The van der Waals surface area contributed by atoms with Gasteiger partial charge >= 0.3 is 0 Å². The van der Waals surface area contributed by atoms with Crippen molar-refractivity contribution in [2.24, 2.45) is 17.3 Å². The standard InChI is InChI=1S/C55H60N2/c1-7-16-48-42(8-2)44-30-28-40(34-50(44)54(48,3)4)56(41-29-31-45-43-19-12-14-21-49(43)55(5,6)51(45)35-41)39-26-23-36(24-27-39)37-25-32-53-47(33-37)46-20-13-15-22-52(46)57(53)38-17-10-9-11-18-38/h9-13,15,17-20,22-24,26,28-31,33,35,39,43,49-50H,7-8,14,16,21,25,27,32,34H2,1-6H3. The summed E-state index contributed by atoms with van der Waals surface area (Å²) in [6, 6.07) is 27.7. The second-order valence-electron chi connectivity index (χ2n) is 18.9. The molecule has 0 saturated heterocycles. The SMILES string of the molecule is CCCC1=C(CC)C2=CC=C(N(c3ccc4c(c3)C(C)(C)C3CCC=CC43)C3C=CC(C4=Cc5c(n(-c6ccccc6)c6ccccc56)CC4)=CC3)CC2C1(C)C. The van der Waals surface area contributed by atoms with Gasteiger partial charge in [0.05, 0.1) is 11.6 Å². The number of fused-ring (bicyclic) bond motifs is 7. The van der Waals surface area contributed by atoms with E-state index < -0.39 is 0 Å². The summed E-state index contributed by atoms with van der Waals surface area (Å²) in [6.07, 6.45) is 30.3. The molecule has 2 nitrogen and oxygen atoms in total. The lowest BCUT2D eigenvalue weighted by molar-refractivity contribution is 0.301. The van der Waals surface area contributed by atoms with Crippen LogP contribution in [0.1, 0.15) is 121 Å². The molecule has 3 aromatic carbocycles. The summed E-state index contributed by atoms with van der Waals surface area (Å²) in [4.78, 5) is 2.76. The maximum Gasteiger partial charge on any atom is 0.0557 e. The fourth-order valence-electron chi connectivity index (χ4n) is 12.4. The van der Waals surface area contributed by atoms with E-state index in [4.69, 9.17) is 0 Å². The largest absolute Gasteiger partial charge is 0.338 e. The third kappa shape index (κ3) is 5.71. The lowest BCUT2D eigenvalue weighted by atomic mass is 9.71. The summed E-state index contributed by atoms with van der Waals surface area (Å²) in [7, 11) is 0. The summed E-state index contributed by atoms with van der Waals surface area (Å²) in [6.45, 7) is 14.8. The summed E-state index contributed by atoms with van der Waals surface area (Å²) in [5.74, 6) is 1.75. The van der Waals surface area contributed by atoms with Crippen LogP contribution >= 0.6 is 0 Å². The Bertz CT molecular complexity index is 2480. The molecule has 0 N–H and O–H groups in total. The fraction of sp³-hybridized carbons (Fsp3) is 0.382. The zero-order valence-electron chi connectivity index (χ0n) is 35.1. The van der Waals surface area contributed by atoms with Crippen molar-refractivity contribution in [1.82, 2.24) is 4.57 Å². The fourth-order valence-corrected chi connectivity index (χ4v) is 12.4. The van der Waals surface area contributed by atoms with Crippen LogP contribution in [-0.4, -0.2) is 10.6 Å². The zero-order valence-corrected chi connectivity index (χ0v) is 35.1. The van der Waals surface area contributed by atoms with Crippen LogP contribution in [0.3, 0.4) is 0 Å². The normalized spacial score (nSPS) is 25.3. The second kappa shape index (κ2) is 13.9. The highest BCUT2D eigenvalue weighted by atomic mass is 15.2. The molecule has 0 aliphatic heterocycles. The number of allylic oxidation sites excluding steroid dienone is 11. The van der Waals surface area contributed by atoms with E-state index in [2.05, 4.69) is 172 Å². The van der Waals surface area contributed by atoms with Gasteiger partial charge in [0, 0.05) is 39.6 Å². The van der Waals surface area contributed by atoms with Gasteiger partial charge in [-0.15, -0.1) is 0 Å². The van der Waals surface area contributed by atoms with E-state index in [1.807, 2.05) is 0 Å². The summed E-state index contributed by atoms with van der Waals surface area (Å²) < 4.78 is 2.49. The van der Waals surface area contributed by atoms with Crippen LogP contribution in [0, 0.1) is 17.3 Å². The average Bonchev–Trinajstić information content (AvgIpc) is 3.77. The van der Waals surface area contributed by atoms with Crippen LogP contribution in [0.25, 0.3) is 22.7 Å². The molecular weight excluding hydrogens is 689 g/mol. The van der Waals surface area contributed by atoms with Gasteiger partial charge in [-0.25, -0.2) is 0 Å². The zero-order chi connectivity index (χ0) is 39.1. The molecule has 0 amide bonds. The third-order valence-electron chi connectivity index (χ3n) is 15.2. The van der Waals surface area contributed by atoms with E-state index in [0.29, 0.717) is 17.8 Å². The monoisotopic (exact) mass is 748 g/mol. The first kappa shape index (κ1) is 36.5. The Labute approximate surface area is 341 Å². The Morgan fingerprint density at radius 1 is 0.860 bits per heavy atom. The minimum atomic E-state index is 0.161. The number of para-hydroxylation sites is 2. The lowest BCUT2D eigenvalue weighted by Crippen LogP contribution is -2.37. The first-order valence-corrected chi connectivity index (χ1v) is 22.2. The Morgan fingerprint density at radius 2 is 1.68 bits per heavy atom. The summed E-state index contributed by atoms with van der Waals surface area (Å²) >= 11 is 0. The molecule has 4 atom stereocenters. The van der Waals surface area contributed by atoms with Gasteiger partial charge in [0.1, 0.15) is 0 Å². The average molecular weight is 749 g/mol. The number of hydrogen-bond donors (Lipinski definition) is 0. The van der Waals surface area contributed by atoms with Crippen LogP contribution in [-0.2, 0) is 11.8 Å². The Balaban J connectivity index is 1.02. The first-order chi connectivity index (χ1) is 27.7. The van der Waals surface area contributed by atoms with Gasteiger partial charge in [0.25, 0.3) is 0 Å². The van der Waals surface area contributed by atoms with Gasteiger partial charge in [0.15, 0.2) is 0 Å². The van der Waals surface area contributed by atoms with Gasteiger partial charge in [0.2, 0.25) is 0 Å². The van der Waals surface area contributed by atoms with Gasteiger partial charge < -0.3 is 9.47 Å². The van der Waals surface area contributed by atoms with E-state index in [1.54, 1.807) is 27.8 Å². The number of anilines is 1. The smallest absolute Gasteiger partial charge is 0.0557 e. The number of hydrogen-bond acceptors (Lipinski definition) is 1. The predicted octanol–water partition coefficient (Wildman–Crippen LogP) is 14.4. The number of benzene rings is 3. The minimum absolute atomic E-state index is 0.161. The maximum absolute atomic E-state index is 2.76. The van der Waals surface area contributed by atoms with Crippen molar-refractivity contribution in [2.75, 3.05) is 4.90 Å². The quantitative estimate of drug-likeness (QED) is 0.163. The van der Waals surface area contributed by atoms with Gasteiger partial charge in [-0.05, 0) is 150 Å². The van der Waals surface area contributed by atoms with Crippen LogP contribution in [0.2, 0.25) is 0 Å². The van der Waals surface area contributed by atoms with E-state index in [9.17, 15) is 0 Å². The highest BCUT2D eigenvalue weighted by Gasteiger charge is 2.47. The molecule has 6 aliphatic carbocycles. The molecule has 0 spiro atoms. The van der Waals surface area contributed by atoms with Crippen LogP contribution in [0.4, 0.5) is 5.69 Å². The van der Waals surface area contributed by atoms with Gasteiger partial charge in [-0.3, -0.25) is 0 Å². The summed E-state index contributed by atoms with van der Waals surface area (Å²) in [5, 5.41) is 1.35. The van der Waals surface area contributed by atoms with Crippen molar-refractivity contribution in [1.29, 1.82) is 0 Å². The number of rotatable bonds is 8. The first-order valence-electron chi connectivity index (χ1n) is 22.2. The van der Waals surface area contributed by atoms with Gasteiger partial charge in [-0.2, -0.15) is 0 Å². The third-order valence-corrected chi connectivity index (χ3v) is 15.2. The van der Waals surface area contributed by atoms with Gasteiger partial charge in [-0.1, -0.05) is 132 Å². The van der Waals surface area contributed by atoms with Crippen molar-refractivity contribution < 1.29 is 0 Å². The molecule has 6 aliphatic rings. The topological polar surface area (TPSA) is 8.17 Å². The Kier molecular flexibility index (Phi) is 8.92. The lowest BCUT2D eigenvalue weighted by Gasteiger charge is -2.41. The van der Waals surface area contributed by atoms with E-state index >= 15 is 0 Å². The molecule has 1 heterocycles. The highest BCUT2D eigenvalue weighted by molar-refractivity contribution is 5.94. The van der Waals surface area contributed by atoms with Crippen LogP contribution in [0.5, 0.6) is 0 Å². The number of aromatic nitrogens is 1. The van der Waals surface area contributed by atoms with Crippen LogP contribution < -0.4 is 4.90 Å². The second-order valence-corrected chi connectivity index (χ2v) is 18.9. The van der Waals surface area contributed by atoms with Crippen molar-refractivity contribution in [2.45, 2.75) is 117 Å². The Morgan fingerprint density at radius 3 is 2.47 bits per heavy atom. The van der Waals surface area contributed by atoms with Crippen molar-refractivity contribution in [3.63, 3.8) is 0 Å². The molecule has 1 aromatic heterocycles. The molecule has 0 bridgehead atoms. The van der Waals surface area contributed by atoms with E-state index in [0.717, 1.165) is 32.1 Å². The van der Waals surface area contributed by atoms with E-state index in [1.165, 1.54) is 76.1 Å². The molecule has 0 saturated carbocycles. The molecule has 0 radical (unpaired) electrons. The van der Waals surface area contributed by atoms with Crippen LogP contribution in [0.15, 0.2) is 149 Å². The highest BCUT2D eigenvalue weighted by Crippen LogP contribution is 2.58. The minimum Gasteiger partial charge on any atom is -0.338 e. The Hall–Kier alpha value is -4.82. The predicted molar refractivity (Wildman–Crippen MR) is 242 cm³/mol. The molecule has 2 heteroatoms. The van der Waals surface area contributed by atoms with E-state index in [-0.39, 0.29) is 16.9 Å². The molecule has 57 heavy (non-hydrogen) atoms. The molecule has 290 valence electrons. The van der Waals surface area contributed by atoms with Crippen molar-refractivity contribution >= 4 is 22.7 Å². The molecule has 4 unspecified atom stereocenters. The maximum atomic E-state index is 2.76. The number of nitrogens with zero attached hydrogens (tertiary/aromatic N) is 2. The molecular formula is C55H60N2. The summed E-state index contributed by atoms with van der Waals surface area (Å²) in [5.41, 5.74) is 19.5.